The summed E-state index contributed by atoms with van der Waals surface area (Å²) >= 11 is 0. The Hall–Kier alpha value is -4.72. The normalized spacial score (nSPS) is 14.6. The SMILES string of the molecule is CCc1ccc(N2C(=O)NC(=O)/C(=C/c3ccc(OC(=O)c4cccc(OC)c4)cc3)C2=O)cc1. The van der Waals surface area contributed by atoms with Crippen molar-refractivity contribution in [2.45, 2.75) is 13.3 Å². The van der Waals surface area contributed by atoms with Crippen LogP contribution in [0.5, 0.6) is 11.5 Å². The molecular weight excluding hydrogens is 448 g/mol. The highest BCUT2D eigenvalue weighted by Gasteiger charge is 2.36. The Balaban J connectivity index is 1.52. The van der Waals surface area contributed by atoms with E-state index in [0.717, 1.165) is 16.9 Å². The van der Waals surface area contributed by atoms with Gasteiger partial charge in [0.05, 0.1) is 18.4 Å². The number of benzene rings is 3. The number of hydrogen-bond acceptors (Lipinski definition) is 6. The second kappa shape index (κ2) is 10.0. The van der Waals surface area contributed by atoms with Gasteiger partial charge in [0, 0.05) is 0 Å². The minimum atomic E-state index is -0.804. The summed E-state index contributed by atoms with van der Waals surface area (Å²) < 4.78 is 10.5. The number of urea groups is 1. The zero-order valence-electron chi connectivity index (χ0n) is 19.1. The van der Waals surface area contributed by atoms with Gasteiger partial charge in [-0.1, -0.05) is 37.3 Å². The summed E-state index contributed by atoms with van der Waals surface area (Å²) in [5, 5.41) is 2.20. The molecule has 0 unspecified atom stereocenters. The van der Waals surface area contributed by atoms with Gasteiger partial charge in [-0.15, -0.1) is 0 Å². The van der Waals surface area contributed by atoms with Gasteiger partial charge in [-0.05, 0) is 66.1 Å². The predicted octanol–water partition coefficient (Wildman–Crippen LogP) is 4.14. The molecule has 8 nitrogen and oxygen atoms in total. The van der Waals surface area contributed by atoms with Crippen LogP contribution in [-0.2, 0) is 16.0 Å². The van der Waals surface area contributed by atoms with Crippen molar-refractivity contribution < 1.29 is 28.7 Å². The van der Waals surface area contributed by atoms with Gasteiger partial charge in [-0.3, -0.25) is 14.9 Å². The number of nitrogens with one attached hydrogen (secondary N) is 1. The van der Waals surface area contributed by atoms with Crippen LogP contribution in [-0.4, -0.2) is 30.9 Å². The molecule has 1 aliphatic heterocycles. The van der Waals surface area contributed by atoms with Crippen LogP contribution in [0.4, 0.5) is 10.5 Å². The maximum Gasteiger partial charge on any atom is 0.343 e. The highest BCUT2D eigenvalue weighted by atomic mass is 16.5. The number of amides is 4. The van der Waals surface area contributed by atoms with E-state index >= 15 is 0 Å². The van der Waals surface area contributed by atoms with Gasteiger partial charge in [0.2, 0.25) is 0 Å². The quantitative estimate of drug-likeness (QED) is 0.251. The van der Waals surface area contributed by atoms with Crippen LogP contribution in [0, 0.1) is 0 Å². The summed E-state index contributed by atoms with van der Waals surface area (Å²) in [6.07, 6.45) is 2.19. The molecule has 1 N–H and O–H groups in total. The first-order valence-corrected chi connectivity index (χ1v) is 10.9. The van der Waals surface area contributed by atoms with E-state index in [0.29, 0.717) is 22.6 Å². The third-order valence-electron chi connectivity index (χ3n) is 5.41. The standard InChI is InChI=1S/C27H22N2O6/c1-3-17-7-11-20(12-8-17)29-25(31)23(24(30)28-27(29)33)15-18-9-13-21(14-10-18)35-26(32)19-5-4-6-22(16-19)34-2/h4-16H,3H2,1-2H3,(H,28,30,33)/b23-15-. The lowest BCUT2D eigenvalue weighted by Crippen LogP contribution is -2.54. The Labute approximate surface area is 201 Å². The molecule has 1 heterocycles. The summed E-state index contributed by atoms with van der Waals surface area (Å²) in [7, 11) is 1.51. The van der Waals surface area contributed by atoms with Gasteiger partial charge in [0.15, 0.2) is 0 Å². The lowest BCUT2D eigenvalue weighted by molar-refractivity contribution is -0.122. The smallest absolute Gasteiger partial charge is 0.343 e. The summed E-state index contributed by atoms with van der Waals surface area (Å²) in [5.41, 5.74) is 2.07. The molecule has 0 atom stereocenters. The third-order valence-corrected chi connectivity index (χ3v) is 5.41. The zero-order chi connectivity index (χ0) is 24.9. The lowest BCUT2D eigenvalue weighted by atomic mass is 10.1. The molecule has 0 aliphatic carbocycles. The average Bonchev–Trinajstić information content (AvgIpc) is 2.87. The van der Waals surface area contributed by atoms with Crippen molar-refractivity contribution in [2.24, 2.45) is 0 Å². The zero-order valence-corrected chi connectivity index (χ0v) is 19.1. The Morgan fingerprint density at radius 3 is 2.31 bits per heavy atom. The maximum atomic E-state index is 13.0. The molecule has 0 spiro atoms. The highest BCUT2D eigenvalue weighted by Crippen LogP contribution is 2.23. The van der Waals surface area contributed by atoms with Crippen LogP contribution >= 0.6 is 0 Å². The second-order valence-electron chi connectivity index (χ2n) is 7.67. The molecule has 3 aromatic rings. The minimum Gasteiger partial charge on any atom is -0.497 e. The fourth-order valence-corrected chi connectivity index (χ4v) is 3.49. The maximum absolute atomic E-state index is 13.0. The summed E-state index contributed by atoms with van der Waals surface area (Å²) in [5.74, 6) is -1.25. The Morgan fingerprint density at radius 2 is 1.66 bits per heavy atom. The molecule has 3 aromatic carbocycles. The molecule has 0 saturated carbocycles. The fraction of sp³-hybridized carbons (Fsp3) is 0.111. The molecule has 4 rings (SSSR count). The number of hydrogen-bond donors (Lipinski definition) is 1. The van der Waals surface area contributed by atoms with E-state index in [1.807, 2.05) is 19.1 Å². The number of esters is 1. The van der Waals surface area contributed by atoms with E-state index < -0.39 is 23.8 Å². The lowest BCUT2D eigenvalue weighted by Gasteiger charge is -2.26. The first kappa shape index (κ1) is 23.4. The first-order valence-electron chi connectivity index (χ1n) is 10.9. The van der Waals surface area contributed by atoms with Crippen molar-refractivity contribution >= 4 is 35.6 Å². The van der Waals surface area contributed by atoms with Crippen LogP contribution in [0.2, 0.25) is 0 Å². The number of methoxy groups -OCH3 is 1. The Kier molecular flexibility index (Phi) is 6.73. The molecule has 35 heavy (non-hydrogen) atoms. The van der Waals surface area contributed by atoms with Crippen molar-refractivity contribution in [3.63, 3.8) is 0 Å². The van der Waals surface area contributed by atoms with Crippen molar-refractivity contribution in [3.8, 4) is 11.5 Å². The van der Waals surface area contributed by atoms with E-state index in [1.165, 1.54) is 13.2 Å². The summed E-state index contributed by atoms with van der Waals surface area (Å²) in [4.78, 5) is 51.1. The van der Waals surface area contributed by atoms with E-state index in [1.54, 1.807) is 60.7 Å². The number of carbonyl (C=O) groups is 4. The minimum absolute atomic E-state index is 0.190. The van der Waals surface area contributed by atoms with Crippen LogP contribution in [0.25, 0.3) is 6.08 Å². The molecule has 0 radical (unpaired) electrons. The van der Waals surface area contributed by atoms with Crippen LogP contribution in [0.15, 0.2) is 78.4 Å². The average molecular weight is 470 g/mol. The van der Waals surface area contributed by atoms with E-state index in [4.69, 9.17) is 9.47 Å². The van der Waals surface area contributed by atoms with Crippen LogP contribution < -0.4 is 19.7 Å². The number of anilines is 1. The molecule has 0 bridgehead atoms. The van der Waals surface area contributed by atoms with Gasteiger partial charge in [0.25, 0.3) is 11.8 Å². The second-order valence-corrected chi connectivity index (χ2v) is 7.67. The largest absolute Gasteiger partial charge is 0.497 e. The van der Waals surface area contributed by atoms with Crippen molar-refractivity contribution in [3.05, 3.63) is 95.1 Å². The van der Waals surface area contributed by atoms with E-state index in [-0.39, 0.29) is 11.3 Å². The third kappa shape index (κ3) is 5.11. The molecule has 0 aromatic heterocycles. The van der Waals surface area contributed by atoms with Gasteiger partial charge in [0.1, 0.15) is 17.1 Å². The number of imide groups is 2. The topological polar surface area (TPSA) is 102 Å². The Morgan fingerprint density at radius 1 is 0.943 bits per heavy atom. The van der Waals surface area contributed by atoms with Gasteiger partial charge in [-0.25, -0.2) is 14.5 Å². The van der Waals surface area contributed by atoms with Gasteiger partial charge >= 0.3 is 12.0 Å². The summed E-state index contributed by atoms with van der Waals surface area (Å²) in [6.45, 7) is 2.00. The number of ether oxygens (including phenoxy) is 2. The highest BCUT2D eigenvalue weighted by molar-refractivity contribution is 6.39. The number of barbiturate groups is 1. The molecule has 4 amide bonds. The number of nitrogens with zero attached hydrogens (tertiary/aromatic N) is 1. The molecular formula is C27H22N2O6. The number of carbonyl (C=O) groups excluding carboxylic acids is 4. The monoisotopic (exact) mass is 470 g/mol. The predicted molar refractivity (Wildman–Crippen MR) is 129 cm³/mol. The number of rotatable bonds is 6. The fourth-order valence-electron chi connectivity index (χ4n) is 3.49. The van der Waals surface area contributed by atoms with E-state index in [9.17, 15) is 19.2 Å². The van der Waals surface area contributed by atoms with Gasteiger partial charge < -0.3 is 9.47 Å². The molecule has 1 saturated heterocycles. The molecule has 8 heteroatoms. The van der Waals surface area contributed by atoms with Crippen molar-refractivity contribution in [1.82, 2.24) is 5.32 Å². The Bertz CT molecular complexity index is 1330. The molecule has 176 valence electrons. The van der Waals surface area contributed by atoms with E-state index in [2.05, 4.69) is 5.32 Å². The van der Waals surface area contributed by atoms with Crippen molar-refractivity contribution in [1.29, 1.82) is 0 Å². The molecule has 1 aliphatic rings. The summed E-state index contributed by atoms with van der Waals surface area (Å²) in [6, 6.07) is 19.0. The van der Waals surface area contributed by atoms with Crippen LogP contribution in [0.1, 0.15) is 28.4 Å². The first-order chi connectivity index (χ1) is 16.9. The molecule has 1 fully saturated rings. The van der Waals surface area contributed by atoms with Gasteiger partial charge in [-0.2, -0.15) is 0 Å². The van der Waals surface area contributed by atoms with Crippen LogP contribution in [0.3, 0.4) is 0 Å². The van der Waals surface area contributed by atoms with Crippen molar-refractivity contribution in [2.75, 3.05) is 12.0 Å². The number of aryl methyl sites for hydroxylation is 1.